The van der Waals surface area contributed by atoms with E-state index in [1.54, 1.807) is 11.3 Å². The van der Waals surface area contributed by atoms with Crippen molar-refractivity contribution in [1.82, 2.24) is 4.98 Å². The standard InChI is InChI=1S/C12H10INO2S/c13-11-6-14-12(17-11)10-5-8(15)7-3-1-2-4-9(7)16-10/h1-4,6,8,10,15H,5H2. The molecule has 1 aliphatic rings. The number of ether oxygens (including phenoxy) is 1. The molecular weight excluding hydrogens is 349 g/mol. The Hall–Kier alpha value is -0.660. The summed E-state index contributed by atoms with van der Waals surface area (Å²) in [5.74, 6) is 0.765. The molecule has 88 valence electrons. The lowest BCUT2D eigenvalue weighted by Crippen LogP contribution is -2.18. The van der Waals surface area contributed by atoms with E-state index in [1.165, 1.54) is 0 Å². The van der Waals surface area contributed by atoms with Gasteiger partial charge in [0.15, 0.2) is 6.10 Å². The molecule has 0 spiro atoms. The van der Waals surface area contributed by atoms with Gasteiger partial charge < -0.3 is 9.84 Å². The number of benzene rings is 1. The number of thiazole rings is 1. The van der Waals surface area contributed by atoms with E-state index in [9.17, 15) is 5.11 Å². The maximum absolute atomic E-state index is 10.1. The van der Waals surface area contributed by atoms with Crippen molar-refractivity contribution < 1.29 is 9.84 Å². The fourth-order valence-electron chi connectivity index (χ4n) is 1.96. The third kappa shape index (κ3) is 2.19. The average molecular weight is 359 g/mol. The number of para-hydroxylation sites is 1. The van der Waals surface area contributed by atoms with Crippen LogP contribution >= 0.6 is 33.9 Å². The van der Waals surface area contributed by atoms with E-state index in [0.29, 0.717) is 6.42 Å². The Labute approximate surface area is 117 Å². The zero-order valence-electron chi connectivity index (χ0n) is 8.84. The number of fused-ring (bicyclic) bond motifs is 1. The van der Waals surface area contributed by atoms with Crippen molar-refractivity contribution in [2.45, 2.75) is 18.6 Å². The van der Waals surface area contributed by atoms with Crippen LogP contribution in [0.15, 0.2) is 30.5 Å². The van der Waals surface area contributed by atoms with E-state index in [0.717, 1.165) is 19.2 Å². The molecule has 0 amide bonds. The van der Waals surface area contributed by atoms with Crippen molar-refractivity contribution >= 4 is 33.9 Å². The highest BCUT2D eigenvalue weighted by molar-refractivity contribution is 14.1. The second-order valence-corrected chi connectivity index (χ2v) is 6.85. The van der Waals surface area contributed by atoms with Crippen LogP contribution in [0.3, 0.4) is 0 Å². The van der Waals surface area contributed by atoms with E-state index < -0.39 is 6.10 Å². The second-order valence-electron chi connectivity index (χ2n) is 3.90. The first kappa shape index (κ1) is 11.4. The maximum atomic E-state index is 10.1. The van der Waals surface area contributed by atoms with Gasteiger partial charge in [-0.05, 0) is 28.7 Å². The van der Waals surface area contributed by atoms with Crippen LogP contribution in [0.4, 0.5) is 0 Å². The molecule has 1 aromatic heterocycles. The molecule has 1 aromatic carbocycles. The minimum atomic E-state index is -0.466. The number of nitrogens with zero attached hydrogens (tertiary/aromatic N) is 1. The molecule has 0 saturated carbocycles. The van der Waals surface area contributed by atoms with Crippen LogP contribution in [0.25, 0.3) is 0 Å². The zero-order valence-corrected chi connectivity index (χ0v) is 11.8. The molecule has 2 unspecified atom stereocenters. The van der Waals surface area contributed by atoms with Crippen molar-refractivity contribution in [3.63, 3.8) is 0 Å². The lowest BCUT2D eigenvalue weighted by molar-refractivity contribution is 0.0656. The average Bonchev–Trinajstić information content (AvgIpc) is 2.76. The molecule has 2 aromatic rings. The van der Waals surface area contributed by atoms with E-state index in [2.05, 4.69) is 27.6 Å². The minimum Gasteiger partial charge on any atom is -0.483 e. The fourth-order valence-corrected chi connectivity index (χ4v) is 3.46. The molecule has 0 fully saturated rings. The number of halogens is 1. The summed E-state index contributed by atoms with van der Waals surface area (Å²) in [7, 11) is 0. The Bertz CT molecular complexity index is 543. The monoisotopic (exact) mass is 359 g/mol. The highest BCUT2D eigenvalue weighted by Gasteiger charge is 2.29. The Morgan fingerprint density at radius 2 is 2.24 bits per heavy atom. The zero-order chi connectivity index (χ0) is 11.8. The lowest BCUT2D eigenvalue weighted by atomic mass is 9.99. The normalized spacial score (nSPS) is 22.9. The molecule has 2 atom stereocenters. The third-order valence-corrected chi connectivity index (χ3v) is 4.57. The molecule has 0 bridgehead atoms. The van der Waals surface area contributed by atoms with Gasteiger partial charge in [0, 0.05) is 12.0 Å². The molecular formula is C12H10INO2S. The summed E-state index contributed by atoms with van der Waals surface area (Å²) in [6, 6.07) is 7.63. The SMILES string of the molecule is OC1CC(c2ncc(I)s2)Oc2ccccc21. The molecule has 3 rings (SSSR count). The fraction of sp³-hybridized carbons (Fsp3) is 0.250. The van der Waals surface area contributed by atoms with Gasteiger partial charge in [0.25, 0.3) is 0 Å². The van der Waals surface area contributed by atoms with Gasteiger partial charge in [-0.15, -0.1) is 11.3 Å². The van der Waals surface area contributed by atoms with Crippen LogP contribution in [0.5, 0.6) is 5.75 Å². The highest BCUT2D eigenvalue weighted by Crippen LogP contribution is 2.41. The van der Waals surface area contributed by atoms with Crippen LogP contribution < -0.4 is 4.74 Å². The Morgan fingerprint density at radius 3 is 3.00 bits per heavy atom. The van der Waals surface area contributed by atoms with Crippen LogP contribution in [0.2, 0.25) is 0 Å². The Balaban J connectivity index is 1.93. The molecule has 17 heavy (non-hydrogen) atoms. The van der Waals surface area contributed by atoms with E-state index in [-0.39, 0.29) is 6.10 Å². The van der Waals surface area contributed by atoms with E-state index in [4.69, 9.17) is 4.74 Å². The number of aliphatic hydroxyl groups excluding tert-OH is 1. The lowest BCUT2D eigenvalue weighted by Gasteiger charge is -2.28. The largest absolute Gasteiger partial charge is 0.483 e. The van der Waals surface area contributed by atoms with Gasteiger partial charge in [-0.1, -0.05) is 18.2 Å². The molecule has 1 N–H and O–H groups in total. The predicted molar refractivity (Wildman–Crippen MR) is 74.2 cm³/mol. The van der Waals surface area contributed by atoms with Gasteiger partial charge in [0.05, 0.1) is 15.2 Å². The Morgan fingerprint density at radius 1 is 1.41 bits per heavy atom. The van der Waals surface area contributed by atoms with Crippen LogP contribution in [0.1, 0.15) is 29.2 Å². The summed E-state index contributed by atoms with van der Waals surface area (Å²) >= 11 is 3.85. The third-order valence-electron chi connectivity index (χ3n) is 2.76. The number of hydrogen-bond acceptors (Lipinski definition) is 4. The molecule has 2 heterocycles. The summed E-state index contributed by atoms with van der Waals surface area (Å²) in [5.41, 5.74) is 0.870. The highest BCUT2D eigenvalue weighted by atomic mass is 127. The summed E-state index contributed by atoms with van der Waals surface area (Å²) < 4.78 is 7.02. The molecule has 0 aliphatic carbocycles. The van der Waals surface area contributed by atoms with Gasteiger partial charge in [0.2, 0.25) is 0 Å². The second kappa shape index (κ2) is 4.55. The first-order valence-corrected chi connectivity index (χ1v) is 7.18. The summed E-state index contributed by atoms with van der Waals surface area (Å²) in [4.78, 5) is 4.32. The predicted octanol–water partition coefficient (Wildman–Crippen LogP) is 3.30. The van der Waals surface area contributed by atoms with Gasteiger partial charge in [-0.2, -0.15) is 0 Å². The number of hydrogen-bond donors (Lipinski definition) is 1. The van der Waals surface area contributed by atoms with Crippen LogP contribution in [0, 0.1) is 2.88 Å². The number of aliphatic hydroxyl groups is 1. The first-order chi connectivity index (χ1) is 8.24. The van der Waals surface area contributed by atoms with E-state index >= 15 is 0 Å². The number of aromatic nitrogens is 1. The molecule has 3 nitrogen and oxygen atoms in total. The smallest absolute Gasteiger partial charge is 0.153 e. The van der Waals surface area contributed by atoms with Gasteiger partial charge in [0.1, 0.15) is 10.8 Å². The van der Waals surface area contributed by atoms with Crippen LogP contribution in [-0.4, -0.2) is 10.1 Å². The Kier molecular flexibility index (Phi) is 3.06. The molecule has 5 heteroatoms. The maximum Gasteiger partial charge on any atom is 0.153 e. The van der Waals surface area contributed by atoms with Gasteiger partial charge >= 0.3 is 0 Å². The van der Waals surface area contributed by atoms with Crippen molar-refractivity contribution in [2.75, 3.05) is 0 Å². The topological polar surface area (TPSA) is 42.4 Å². The number of rotatable bonds is 1. The first-order valence-electron chi connectivity index (χ1n) is 5.29. The van der Waals surface area contributed by atoms with Crippen molar-refractivity contribution in [1.29, 1.82) is 0 Å². The molecule has 1 aliphatic heterocycles. The minimum absolute atomic E-state index is 0.131. The molecule has 0 saturated heterocycles. The summed E-state index contributed by atoms with van der Waals surface area (Å²) in [6.07, 6.45) is 1.80. The quantitative estimate of drug-likeness (QED) is 0.795. The summed E-state index contributed by atoms with van der Waals surface area (Å²) in [5, 5.41) is 11.0. The van der Waals surface area contributed by atoms with Crippen molar-refractivity contribution in [3.05, 3.63) is 43.9 Å². The molecule has 0 radical (unpaired) electrons. The van der Waals surface area contributed by atoms with Crippen molar-refractivity contribution in [2.24, 2.45) is 0 Å². The van der Waals surface area contributed by atoms with Gasteiger partial charge in [-0.3, -0.25) is 0 Å². The van der Waals surface area contributed by atoms with Crippen molar-refractivity contribution in [3.8, 4) is 5.75 Å². The summed E-state index contributed by atoms with van der Waals surface area (Å²) in [6.45, 7) is 0. The van der Waals surface area contributed by atoms with Crippen LogP contribution in [-0.2, 0) is 0 Å². The van der Waals surface area contributed by atoms with Gasteiger partial charge in [-0.25, -0.2) is 4.98 Å². The van der Waals surface area contributed by atoms with E-state index in [1.807, 2.05) is 30.5 Å².